The molecule has 22 heavy (non-hydrogen) atoms. The van der Waals surface area contributed by atoms with Gasteiger partial charge >= 0.3 is 0 Å². The molecule has 0 heterocycles. The fourth-order valence-corrected chi connectivity index (χ4v) is 2.93. The molecule has 1 N–H and O–H groups in total. The Kier molecular flexibility index (Phi) is 5.35. The van der Waals surface area contributed by atoms with E-state index in [4.69, 9.17) is 0 Å². The number of non-ortho nitro benzene ring substituents is 1. The summed E-state index contributed by atoms with van der Waals surface area (Å²) in [6.45, 7) is 0.647. The van der Waals surface area contributed by atoms with Gasteiger partial charge in [0.2, 0.25) is 0 Å². The van der Waals surface area contributed by atoms with E-state index in [0.29, 0.717) is 23.7 Å². The van der Waals surface area contributed by atoms with Gasteiger partial charge in [0.15, 0.2) is 0 Å². The number of nitro groups is 1. The number of amides is 1. The molecule has 0 unspecified atom stereocenters. The minimum atomic E-state index is -0.475. The predicted molar refractivity (Wildman–Crippen MR) is 86.3 cm³/mol. The summed E-state index contributed by atoms with van der Waals surface area (Å²) in [5, 5.41) is 13.9. The standard InChI is InChI=1S/C16H23N3O3/c1-18(2)15-9-8-13(19(21)22)10-14(15)16(20)17-11-12-6-4-3-5-7-12/h8-10,12H,3-7,11H2,1-2H3,(H,17,20). The fourth-order valence-electron chi connectivity index (χ4n) is 2.93. The first-order valence-electron chi connectivity index (χ1n) is 7.73. The number of benzene rings is 1. The summed E-state index contributed by atoms with van der Waals surface area (Å²) in [4.78, 5) is 24.7. The Bertz CT molecular complexity index is 552. The van der Waals surface area contributed by atoms with Crippen molar-refractivity contribution in [2.45, 2.75) is 32.1 Å². The van der Waals surface area contributed by atoms with Crippen LogP contribution in [0.3, 0.4) is 0 Å². The Hall–Kier alpha value is -2.11. The average Bonchev–Trinajstić information content (AvgIpc) is 2.52. The zero-order valence-corrected chi connectivity index (χ0v) is 13.2. The molecule has 0 radical (unpaired) electrons. The van der Waals surface area contributed by atoms with E-state index >= 15 is 0 Å². The number of hydrogen-bond acceptors (Lipinski definition) is 4. The quantitative estimate of drug-likeness (QED) is 0.670. The van der Waals surface area contributed by atoms with Crippen LogP contribution in [0.5, 0.6) is 0 Å². The molecule has 0 aliphatic heterocycles. The molecule has 1 saturated carbocycles. The fraction of sp³-hybridized carbons (Fsp3) is 0.562. The van der Waals surface area contributed by atoms with Crippen LogP contribution < -0.4 is 10.2 Å². The summed E-state index contributed by atoms with van der Waals surface area (Å²) in [6.07, 6.45) is 6.02. The van der Waals surface area contributed by atoms with Gasteiger partial charge in [0.1, 0.15) is 0 Å². The molecule has 0 aromatic heterocycles. The lowest BCUT2D eigenvalue weighted by Gasteiger charge is -2.22. The van der Waals surface area contributed by atoms with Gasteiger partial charge in [0.05, 0.1) is 10.5 Å². The molecular formula is C16H23N3O3. The van der Waals surface area contributed by atoms with Crippen LogP contribution in [-0.2, 0) is 0 Å². The third-order valence-corrected chi connectivity index (χ3v) is 4.19. The second kappa shape index (κ2) is 7.24. The van der Waals surface area contributed by atoms with Crippen molar-refractivity contribution in [1.82, 2.24) is 5.32 Å². The third-order valence-electron chi connectivity index (χ3n) is 4.19. The predicted octanol–water partition coefficient (Wildman–Crippen LogP) is 2.97. The first kappa shape index (κ1) is 16.3. The molecule has 1 aliphatic carbocycles. The average molecular weight is 305 g/mol. The number of hydrogen-bond donors (Lipinski definition) is 1. The van der Waals surface area contributed by atoms with E-state index < -0.39 is 4.92 Å². The maximum Gasteiger partial charge on any atom is 0.270 e. The molecule has 1 aromatic carbocycles. The summed E-state index contributed by atoms with van der Waals surface area (Å²) in [5.74, 6) is 0.289. The second-order valence-corrected chi connectivity index (χ2v) is 6.07. The van der Waals surface area contributed by atoms with Crippen LogP contribution in [0.2, 0.25) is 0 Å². The molecule has 1 fully saturated rings. The van der Waals surface area contributed by atoms with E-state index in [-0.39, 0.29) is 11.6 Å². The van der Waals surface area contributed by atoms with Gasteiger partial charge in [-0.05, 0) is 24.8 Å². The van der Waals surface area contributed by atoms with Gasteiger partial charge < -0.3 is 10.2 Å². The molecule has 0 saturated heterocycles. The summed E-state index contributed by atoms with van der Waals surface area (Å²) >= 11 is 0. The summed E-state index contributed by atoms with van der Waals surface area (Å²) in [7, 11) is 3.64. The lowest BCUT2D eigenvalue weighted by molar-refractivity contribution is -0.384. The molecule has 1 amide bonds. The highest BCUT2D eigenvalue weighted by Crippen LogP contribution is 2.25. The molecule has 1 aliphatic rings. The first-order chi connectivity index (χ1) is 10.5. The van der Waals surface area contributed by atoms with Crippen LogP contribution in [0.15, 0.2) is 18.2 Å². The summed E-state index contributed by atoms with van der Waals surface area (Å²) < 4.78 is 0. The van der Waals surface area contributed by atoms with Crippen molar-refractivity contribution in [2.75, 3.05) is 25.5 Å². The Morgan fingerprint density at radius 1 is 1.32 bits per heavy atom. The molecule has 0 spiro atoms. The van der Waals surface area contributed by atoms with E-state index in [1.165, 1.54) is 31.4 Å². The van der Waals surface area contributed by atoms with Crippen molar-refractivity contribution in [2.24, 2.45) is 5.92 Å². The van der Waals surface area contributed by atoms with Crippen LogP contribution in [-0.4, -0.2) is 31.5 Å². The Morgan fingerprint density at radius 3 is 2.59 bits per heavy atom. The highest BCUT2D eigenvalue weighted by atomic mass is 16.6. The zero-order chi connectivity index (χ0) is 16.1. The molecule has 1 aromatic rings. The number of carbonyl (C=O) groups is 1. The summed E-state index contributed by atoms with van der Waals surface area (Å²) in [6, 6.07) is 4.40. The summed E-state index contributed by atoms with van der Waals surface area (Å²) in [5.41, 5.74) is 0.982. The smallest absolute Gasteiger partial charge is 0.270 e. The Morgan fingerprint density at radius 2 is 2.00 bits per heavy atom. The molecule has 0 atom stereocenters. The lowest BCUT2D eigenvalue weighted by Crippen LogP contribution is -2.31. The Labute approximate surface area is 130 Å². The van der Waals surface area contributed by atoms with Crippen molar-refractivity contribution in [3.63, 3.8) is 0 Å². The van der Waals surface area contributed by atoms with Crippen molar-refractivity contribution >= 4 is 17.3 Å². The normalized spacial score (nSPS) is 15.4. The van der Waals surface area contributed by atoms with Gasteiger partial charge in [-0.1, -0.05) is 19.3 Å². The minimum Gasteiger partial charge on any atom is -0.377 e. The van der Waals surface area contributed by atoms with Gasteiger partial charge in [-0.25, -0.2) is 0 Å². The van der Waals surface area contributed by atoms with Gasteiger partial charge in [0.25, 0.3) is 11.6 Å². The van der Waals surface area contributed by atoms with Crippen LogP contribution in [0, 0.1) is 16.0 Å². The maximum absolute atomic E-state index is 12.4. The van der Waals surface area contributed by atoms with Crippen molar-refractivity contribution in [3.8, 4) is 0 Å². The minimum absolute atomic E-state index is 0.0617. The van der Waals surface area contributed by atoms with E-state index in [1.54, 1.807) is 11.0 Å². The van der Waals surface area contributed by atoms with Crippen molar-refractivity contribution < 1.29 is 9.72 Å². The number of nitro benzene ring substituents is 1. The highest BCUT2D eigenvalue weighted by molar-refractivity contribution is 6.00. The van der Waals surface area contributed by atoms with Crippen LogP contribution in [0.1, 0.15) is 42.5 Å². The number of carbonyl (C=O) groups excluding carboxylic acids is 1. The van der Waals surface area contributed by atoms with Gasteiger partial charge in [-0.3, -0.25) is 14.9 Å². The molecule has 2 rings (SSSR count). The van der Waals surface area contributed by atoms with Crippen LogP contribution in [0.25, 0.3) is 0 Å². The third kappa shape index (κ3) is 3.96. The maximum atomic E-state index is 12.4. The Balaban J connectivity index is 2.12. The first-order valence-corrected chi connectivity index (χ1v) is 7.73. The number of rotatable bonds is 5. The van der Waals surface area contributed by atoms with E-state index in [0.717, 1.165) is 12.8 Å². The lowest BCUT2D eigenvalue weighted by atomic mass is 9.89. The van der Waals surface area contributed by atoms with E-state index in [9.17, 15) is 14.9 Å². The van der Waals surface area contributed by atoms with Crippen LogP contribution >= 0.6 is 0 Å². The number of anilines is 1. The number of nitrogens with zero attached hydrogens (tertiary/aromatic N) is 2. The second-order valence-electron chi connectivity index (χ2n) is 6.07. The monoisotopic (exact) mass is 305 g/mol. The SMILES string of the molecule is CN(C)c1ccc([N+](=O)[O-])cc1C(=O)NCC1CCCCC1. The molecule has 0 bridgehead atoms. The van der Waals surface area contributed by atoms with Gasteiger partial charge in [-0.15, -0.1) is 0 Å². The highest BCUT2D eigenvalue weighted by Gasteiger charge is 2.19. The van der Waals surface area contributed by atoms with E-state index in [1.807, 2.05) is 14.1 Å². The van der Waals surface area contributed by atoms with Crippen molar-refractivity contribution in [1.29, 1.82) is 0 Å². The molecule has 6 heteroatoms. The number of nitrogens with one attached hydrogen (secondary N) is 1. The molecule has 120 valence electrons. The zero-order valence-electron chi connectivity index (χ0n) is 13.2. The largest absolute Gasteiger partial charge is 0.377 e. The molecular weight excluding hydrogens is 282 g/mol. The van der Waals surface area contributed by atoms with Crippen molar-refractivity contribution in [3.05, 3.63) is 33.9 Å². The van der Waals surface area contributed by atoms with Gasteiger partial charge in [0, 0.05) is 38.5 Å². The van der Waals surface area contributed by atoms with Gasteiger partial charge in [-0.2, -0.15) is 0 Å². The van der Waals surface area contributed by atoms with E-state index in [2.05, 4.69) is 5.32 Å². The topological polar surface area (TPSA) is 75.5 Å². The molecule has 6 nitrogen and oxygen atoms in total. The van der Waals surface area contributed by atoms with Crippen LogP contribution in [0.4, 0.5) is 11.4 Å².